The second-order valence-electron chi connectivity index (χ2n) is 5.15. The summed E-state index contributed by atoms with van der Waals surface area (Å²) in [5.41, 5.74) is 2.96. The molecule has 0 aliphatic heterocycles. The molecule has 0 N–H and O–H groups in total. The average molecular weight is 193 g/mol. The van der Waals surface area contributed by atoms with Crippen LogP contribution in [0.4, 0.5) is 0 Å². The lowest BCUT2D eigenvalue weighted by atomic mass is 9.80. The van der Waals surface area contributed by atoms with E-state index in [1.807, 2.05) is 11.7 Å². The summed E-state index contributed by atoms with van der Waals surface area (Å²) in [6.45, 7) is 4.66. The van der Waals surface area contributed by atoms with Crippen LogP contribution >= 0.6 is 0 Å². The molecule has 0 atom stereocenters. The Labute approximate surface area is 85.5 Å². The first-order chi connectivity index (χ1) is 6.58. The number of nitrogens with zero attached hydrogens (tertiary/aromatic N) is 3. The number of hydrogen-bond donors (Lipinski definition) is 0. The number of aromatic nitrogens is 3. The topological polar surface area (TPSA) is 30.7 Å². The molecule has 1 aromatic heterocycles. The van der Waals surface area contributed by atoms with Gasteiger partial charge < -0.3 is 0 Å². The van der Waals surface area contributed by atoms with Crippen LogP contribution in [-0.4, -0.2) is 15.0 Å². The van der Waals surface area contributed by atoms with Gasteiger partial charge in [-0.05, 0) is 31.1 Å². The van der Waals surface area contributed by atoms with Gasteiger partial charge in [-0.2, -0.15) is 0 Å². The maximum Gasteiger partial charge on any atom is 0.0864 e. The van der Waals surface area contributed by atoms with Crippen LogP contribution in [0.3, 0.4) is 0 Å². The number of fused-ring (bicyclic) bond motifs is 1. The predicted molar refractivity (Wildman–Crippen MR) is 56.0 cm³/mol. The quantitative estimate of drug-likeness (QED) is 0.632. The molecule has 0 amide bonds. The maximum atomic E-state index is 4.27. The molecule has 0 bridgehead atoms. The van der Waals surface area contributed by atoms with E-state index in [2.05, 4.69) is 24.2 Å². The number of rotatable bonds is 0. The molecule has 0 radical (unpaired) electrons. The normalized spacial score (nSPS) is 21.1. The van der Waals surface area contributed by atoms with Crippen LogP contribution in [0.25, 0.3) is 0 Å². The Kier molecular flexibility index (Phi) is 2.33. The van der Waals surface area contributed by atoms with Gasteiger partial charge in [0.15, 0.2) is 0 Å². The monoisotopic (exact) mass is 193 g/mol. The van der Waals surface area contributed by atoms with Crippen molar-refractivity contribution in [2.24, 2.45) is 12.5 Å². The van der Waals surface area contributed by atoms with E-state index in [1.165, 1.54) is 30.7 Å². The highest BCUT2D eigenvalue weighted by Gasteiger charge is 2.24. The molecule has 0 spiro atoms. The van der Waals surface area contributed by atoms with Gasteiger partial charge in [0.2, 0.25) is 0 Å². The summed E-state index contributed by atoms with van der Waals surface area (Å²) in [4.78, 5) is 0. The van der Waals surface area contributed by atoms with Crippen molar-refractivity contribution in [2.45, 2.75) is 46.0 Å². The van der Waals surface area contributed by atoms with Crippen LogP contribution in [0.1, 0.15) is 44.5 Å². The van der Waals surface area contributed by atoms with Gasteiger partial charge in [0, 0.05) is 7.05 Å². The fourth-order valence-electron chi connectivity index (χ4n) is 2.30. The van der Waals surface area contributed by atoms with Gasteiger partial charge in [-0.25, -0.2) is 0 Å². The van der Waals surface area contributed by atoms with Crippen molar-refractivity contribution in [2.75, 3.05) is 0 Å². The van der Waals surface area contributed by atoms with Crippen LogP contribution in [0.15, 0.2) is 0 Å². The van der Waals surface area contributed by atoms with Crippen molar-refractivity contribution in [1.29, 1.82) is 0 Å². The molecule has 2 rings (SSSR count). The predicted octanol–water partition coefficient (Wildman–Crippen LogP) is 2.11. The molecule has 0 aromatic carbocycles. The van der Waals surface area contributed by atoms with E-state index >= 15 is 0 Å². The first kappa shape index (κ1) is 9.69. The van der Waals surface area contributed by atoms with E-state index in [1.54, 1.807) is 0 Å². The standard InChI is InChI=1S/C11H19N3/c1-11(2)7-5-4-6-10-9(8-11)12-13-14(10)3/h4-8H2,1-3H3. The lowest BCUT2D eigenvalue weighted by molar-refractivity contribution is 0.308. The Morgan fingerprint density at radius 1 is 1.29 bits per heavy atom. The molecule has 1 aliphatic carbocycles. The van der Waals surface area contributed by atoms with Gasteiger partial charge in [0.05, 0.1) is 11.4 Å². The maximum absolute atomic E-state index is 4.27. The van der Waals surface area contributed by atoms with Crippen molar-refractivity contribution in [3.05, 3.63) is 11.4 Å². The third-order valence-electron chi connectivity index (χ3n) is 3.19. The Morgan fingerprint density at radius 2 is 2.07 bits per heavy atom. The molecule has 0 fully saturated rings. The minimum atomic E-state index is 0.394. The fraction of sp³-hybridized carbons (Fsp3) is 0.818. The van der Waals surface area contributed by atoms with E-state index in [0.29, 0.717) is 5.41 Å². The molecule has 0 saturated carbocycles. The van der Waals surface area contributed by atoms with Crippen molar-refractivity contribution >= 4 is 0 Å². The van der Waals surface area contributed by atoms with Crippen molar-refractivity contribution in [3.63, 3.8) is 0 Å². The summed E-state index contributed by atoms with van der Waals surface area (Å²) in [5.74, 6) is 0. The molecular formula is C11H19N3. The highest BCUT2D eigenvalue weighted by atomic mass is 15.4. The molecule has 1 aromatic rings. The number of aryl methyl sites for hydroxylation is 1. The van der Waals surface area contributed by atoms with Gasteiger partial charge >= 0.3 is 0 Å². The lowest BCUT2D eigenvalue weighted by Crippen LogP contribution is -2.18. The largest absolute Gasteiger partial charge is 0.252 e. The summed E-state index contributed by atoms with van der Waals surface area (Å²) in [6, 6.07) is 0. The molecular weight excluding hydrogens is 174 g/mol. The minimum absolute atomic E-state index is 0.394. The highest BCUT2D eigenvalue weighted by molar-refractivity contribution is 5.13. The second-order valence-corrected chi connectivity index (χ2v) is 5.15. The van der Waals surface area contributed by atoms with Crippen molar-refractivity contribution in [3.8, 4) is 0 Å². The van der Waals surface area contributed by atoms with Crippen LogP contribution in [-0.2, 0) is 19.9 Å². The molecule has 1 heterocycles. The summed E-state index contributed by atoms with van der Waals surface area (Å²) < 4.78 is 1.94. The average Bonchev–Trinajstić information content (AvgIpc) is 2.38. The second kappa shape index (κ2) is 3.37. The summed E-state index contributed by atoms with van der Waals surface area (Å²) in [5, 5.41) is 8.38. The van der Waals surface area contributed by atoms with Gasteiger partial charge in [-0.3, -0.25) is 4.68 Å². The third-order valence-corrected chi connectivity index (χ3v) is 3.19. The van der Waals surface area contributed by atoms with E-state index < -0.39 is 0 Å². The Bertz CT molecular complexity index is 325. The Morgan fingerprint density at radius 3 is 2.86 bits per heavy atom. The Hall–Kier alpha value is -0.860. The smallest absolute Gasteiger partial charge is 0.0864 e. The van der Waals surface area contributed by atoms with Crippen LogP contribution in [0.5, 0.6) is 0 Å². The molecule has 3 heteroatoms. The zero-order chi connectivity index (χ0) is 10.2. The molecule has 14 heavy (non-hydrogen) atoms. The first-order valence-corrected chi connectivity index (χ1v) is 5.46. The third kappa shape index (κ3) is 1.81. The van der Waals surface area contributed by atoms with E-state index in [9.17, 15) is 0 Å². The fourth-order valence-corrected chi connectivity index (χ4v) is 2.30. The summed E-state index contributed by atoms with van der Waals surface area (Å²) >= 11 is 0. The summed E-state index contributed by atoms with van der Waals surface area (Å²) in [7, 11) is 2.00. The van der Waals surface area contributed by atoms with Gasteiger partial charge in [-0.1, -0.05) is 25.5 Å². The first-order valence-electron chi connectivity index (χ1n) is 5.46. The number of hydrogen-bond acceptors (Lipinski definition) is 2. The SMILES string of the molecule is Cn1nnc2c1CCCCC(C)(C)C2. The van der Waals surface area contributed by atoms with Gasteiger partial charge in [-0.15, -0.1) is 5.10 Å². The summed E-state index contributed by atoms with van der Waals surface area (Å²) in [6.07, 6.45) is 6.14. The highest BCUT2D eigenvalue weighted by Crippen LogP contribution is 2.31. The molecule has 1 aliphatic rings. The van der Waals surface area contributed by atoms with Gasteiger partial charge in [0.1, 0.15) is 0 Å². The van der Waals surface area contributed by atoms with Crippen LogP contribution in [0, 0.1) is 5.41 Å². The molecule has 0 unspecified atom stereocenters. The molecule has 0 saturated heterocycles. The van der Waals surface area contributed by atoms with E-state index in [-0.39, 0.29) is 0 Å². The molecule has 78 valence electrons. The molecule has 3 nitrogen and oxygen atoms in total. The van der Waals surface area contributed by atoms with Crippen molar-refractivity contribution < 1.29 is 0 Å². The lowest BCUT2D eigenvalue weighted by Gasteiger charge is -2.25. The van der Waals surface area contributed by atoms with Gasteiger partial charge in [0.25, 0.3) is 0 Å². The zero-order valence-corrected chi connectivity index (χ0v) is 9.38. The minimum Gasteiger partial charge on any atom is -0.252 e. The zero-order valence-electron chi connectivity index (χ0n) is 9.38. The Balaban J connectivity index is 2.32. The van der Waals surface area contributed by atoms with Crippen molar-refractivity contribution in [1.82, 2.24) is 15.0 Å². The van der Waals surface area contributed by atoms with E-state index in [4.69, 9.17) is 0 Å². The van der Waals surface area contributed by atoms with Crippen LogP contribution < -0.4 is 0 Å². The van der Waals surface area contributed by atoms with E-state index in [0.717, 1.165) is 12.8 Å². The van der Waals surface area contributed by atoms with Crippen LogP contribution in [0.2, 0.25) is 0 Å².